The van der Waals surface area contributed by atoms with Gasteiger partial charge in [0.15, 0.2) is 0 Å². The fourth-order valence-electron chi connectivity index (χ4n) is 3.06. The number of fused-ring (bicyclic) bond motifs is 2. The molecule has 4 aromatic rings. The summed E-state index contributed by atoms with van der Waals surface area (Å²) in [6.45, 7) is 2.31. The number of sulfonamides is 1. The van der Waals surface area contributed by atoms with Gasteiger partial charge in [-0.25, -0.2) is 18.1 Å². The van der Waals surface area contributed by atoms with Crippen molar-refractivity contribution in [2.45, 2.75) is 16.8 Å². The number of aromatic nitrogens is 2. The van der Waals surface area contributed by atoms with E-state index in [0.29, 0.717) is 17.2 Å². The second-order valence-corrected chi connectivity index (χ2v) is 9.05. The van der Waals surface area contributed by atoms with Crippen molar-refractivity contribution in [3.05, 3.63) is 72.6 Å². The van der Waals surface area contributed by atoms with Gasteiger partial charge in [0.1, 0.15) is 5.65 Å². The summed E-state index contributed by atoms with van der Waals surface area (Å²) in [6.07, 6.45) is 1.98. The zero-order valence-electron chi connectivity index (χ0n) is 14.8. The van der Waals surface area contributed by atoms with Crippen molar-refractivity contribution in [3.8, 4) is 0 Å². The lowest BCUT2D eigenvalue weighted by molar-refractivity contribution is 0.585. The Labute approximate surface area is 162 Å². The Kier molecular flexibility index (Phi) is 4.90. The van der Waals surface area contributed by atoms with E-state index in [9.17, 15) is 8.42 Å². The molecule has 0 amide bonds. The smallest absolute Gasteiger partial charge is 0.241 e. The number of aryl methyl sites for hydroxylation is 1. The zero-order valence-corrected chi connectivity index (χ0v) is 16.4. The Morgan fingerprint density at radius 1 is 1.04 bits per heavy atom. The molecular formula is C20H19N3O2S2. The molecule has 0 aliphatic rings. The number of thioether (sulfide) groups is 1. The largest absolute Gasteiger partial charge is 0.294 e. The molecular weight excluding hydrogens is 378 g/mol. The Balaban J connectivity index is 1.46. The summed E-state index contributed by atoms with van der Waals surface area (Å²) in [7, 11) is -3.56. The summed E-state index contributed by atoms with van der Waals surface area (Å²) in [5, 5.41) is 2.69. The Morgan fingerprint density at radius 3 is 2.70 bits per heavy atom. The van der Waals surface area contributed by atoms with Gasteiger partial charge in [-0.1, -0.05) is 42.5 Å². The molecule has 2 aromatic heterocycles. The van der Waals surface area contributed by atoms with E-state index in [0.717, 1.165) is 27.1 Å². The molecule has 1 N–H and O–H groups in total. The number of nitrogens with zero attached hydrogens (tertiary/aromatic N) is 2. The molecule has 4 rings (SSSR count). The van der Waals surface area contributed by atoms with Crippen LogP contribution in [0.3, 0.4) is 0 Å². The molecule has 2 aromatic carbocycles. The molecule has 2 heterocycles. The molecule has 138 valence electrons. The Bertz CT molecular complexity index is 1210. The standard InChI is InChI=1S/C20H19N3O2S2/c1-15-14-23-19(22-15)10-5-11-20(23)26-13-12-21-27(24,25)18-9-4-7-16-6-2-3-8-17(16)18/h2-11,14,21H,12-13H2,1H3. The highest BCUT2D eigenvalue weighted by molar-refractivity contribution is 7.99. The maximum atomic E-state index is 12.7. The predicted molar refractivity (Wildman–Crippen MR) is 110 cm³/mol. The van der Waals surface area contributed by atoms with Crippen molar-refractivity contribution in [3.63, 3.8) is 0 Å². The minimum absolute atomic E-state index is 0.318. The van der Waals surface area contributed by atoms with Crippen molar-refractivity contribution >= 4 is 38.2 Å². The number of hydrogen-bond donors (Lipinski definition) is 1. The molecule has 5 nitrogen and oxygen atoms in total. The fourth-order valence-corrected chi connectivity index (χ4v) is 5.33. The molecule has 0 fully saturated rings. The molecule has 7 heteroatoms. The maximum Gasteiger partial charge on any atom is 0.241 e. The van der Waals surface area contributed by atoms with E-state index < -0.39 is 10.0 Å². The van der Waals surface area contributed by atoms with Crippen molar-refractivity contribution in [2.24, 2.45) is 0 Å². The van der Waals surface area contributed by atoms with Crippen LogP contribution in [0.4, 0.5) is 0 Å². The van der Waals surface area contributed by atoms with E-state index >= 15 is 0 Å². The third kappa shape index (κ3) is 3.71. The van der Waals surface area contributed by atoms with E-state index in [1.54, 1.807) is 23.9 Å². The number of hydrogen-bond acceptors (Lipinski definition) is 4. The topological polar surface area (TPSA) is 63.5 Å². The summed E-state index contributed by atoms with van der Waals surface area (Å²) >= 11 is 1.60. The number of nitrogens with one attached hydrogen (secondary N) is 1. The highest BCUT2D eigenvalue weighted by atomic mass is 32.2. The molecule has 0 saturated carbocycles. The number of rotatable bonds is 6. The lowest BCUT2D eigenvalue weighted by Gasteiger charge is -2.10. The Morgan fingerprint density at radius 2 is 1.81 bits per heavy atom. The molecule has 27 heavy (non-hydrogen) atoms. The first kappa shape index (κ1) is 18.0. The van der Waals surface area contributed by atoms with Gasteiger partial charge in [0.25, 0.3) is 0 Å². The first-order valence-corrected chi connectivity index (χ1v) is 11.1. The van der Waals surface area contributed by atoms with E-state index in [-0.39, 0.29) is 0 Å². The summed E-state index contributed by atoms with van der Waals surface area (Å²) in [4.78, 5) is 4.77. The van der Waals surface area contributed by atoms with E-state index in [1.165, 1.54) is 0 Å². The molecule has 0 aliphatic carbocycles. The highest BCUT2D eigenvalue weighted by Gasteiger charge is 2.16. The maximum absolute atomic E-state index is 12.7. The van der Waals surface area contributed by atoms with Crippen molar-refractivity contribution in [1.82, 2.24) is 14.1 Å². The Hall–Kier alpha value is -2.35. The van der Waals surface area contributed by atoms with Gasteiger partial charge in [-0.3, -0.25) is 4.40 Å². The van der Waals surface area contributed by atoms with Crippen LogP contribution in [0.5, 0.6) is 0 Å². The van der Waals surface area contributed by atoms with Gasteiger partial charge >= 0.3 is 0 Å². The van der Waals surface area contributed by atoms with Crippen LogP contribution < -0.4 is 4.72 Å². The molecule has 0 unspecified atom stereocenters. The van der Waals surface area contributed by atoms with Gasteiger partial charge < -0.3 is 0 Å². The SMILES string of the molecule is Cc1cn2c(SCCNS(=O)(=O)c3cccc4ccccc34)cccc2n1. The lowest BCUT2D eigenvalue weighted by atomic mass is 10.1. The first-order chi connectivity index (χ1) is 13.0. The number of benzene rings is 2. The first-order valence-electron chi connectivity index (χ1n) is 8.59. The van der Waals surface area contributed by atoms with Crippen LogP contribution in [0.2, 0.25) is 0 Å². The van der Waals surface area contributed by atoms with Crippen molar-refractivity contribution in [1.29, 1.82) is 0 Å². The lowest BCUT2D eigenvalue weighted by Crippen LogP contribution is -2.26. The van der Waals surface area contributed by atoms with Crippen LogP contribution in [-0.4, -0.2) is 30.1 Å². The van der Waals surface area contributed by atoms with Gasteiger partial charge in [0, 0.05) is 23.9 Å². The van der Waals surface area contributed by atoms with Gasteiger partial charge in [-0.05, 0) is 30.5 Å². The fraction of sp³-hybridized carbons (Fsp3) is 0.150. The van der Waals surface area contributed by atoms with Crippen LogP contribution in [0, 0.1) is 6.92 Å². The summed E-state index contributed by atoms with van der Waals surface area (Å²) < 4.78 is 30.2. The zero-order chi connectivity index (χ0) is 18.9. The van der Waals surface area contributed by atoms with Gasteiger partial charge in [-0.2, -0.15) is 0 Å². The quantitative estimate of drug-likeness (QED) is 0.396. The van der Waals surface area contributed by atoms with E-state index in [4.69, 9.17) is 0 Å². The molecule has 0 saturated heterocycles. The monoisotopic (exact) mass is 397 g/mol. The summed E-state index contributed by atoms with van der Waals surface area (Å²) in [6, 6.07) is 18.8. The highest BCUT2D eigenvalue weighted by Crippen LogP contribution is 2.23. The second kappa shape index (κ2) is 7.34. The van der Waals surface area contributed by atoms with E-state index in [2.05, 4.69) is 9.71 Å². The normalized spacial score (nSPS) is 12.0. The summed E-state index contributed by atoms with van der Waals surface area (Å²) in [5.74, 6) is 0.625. The van der Waals surface area contributed by atoms with Crippen molar-refractivity contribution in [2.75, 3.05) is 12.3 Å². The third-order valence-electron chi connectivity index (χ3n) is 4.26. The van der Waals surface area contributed by atoms with Gasteiger partial charge in [-0.15, -0.1) is 11.8 Å². The third-order valence-corrected chi connectivity index (χ3v) is 6.81. The summed E-state index contributed by atoms with van der Waals surface area (Å²) in [5.41, 5.74) is 1.86. The predicted octanol–water partition coefficient (Wildman–Crippen LogP) is 3.87. The molecule has 0 spiro atoms. The second-order valence-electron chi connectivity index (χ2n) is 6.20. The minimum atomic E-state index is -3.56. The average Bonchev–Trinajstić information content (AvgIpc) is 3.05. The van der Waals surface area contributed by atoms with Crippen LogP contribution >= 0.6 is 11.8 Å². The average molecular weight is 398 g/mol. The van der Waals surface area contributed by atoms with Gasteiger partial charge in [0.05, 0.1) is 15.6 Å². The molecule has 0 radical (unpaired) electrons. The minimum Gasteiger partial charge on any atom is -0.294 e. The van der Waals surface area contributed by atoms with Crippen LogP contribution in [0.25, 0.3) is 16.4 Å². The molecule has 0 atom stereocenters. The van der Waals surface area contributed by atoms with Crippen LogP contribution in [-0.2, 0) is 10.0 Å². The molecule has 0 aliphatic heterocycles. The number of pyridine rings is 1. The number of imidazole rings is 1. The van der Waals surface area contributed by atoms with E-state index in [1.807, 2.05) is 66.1 Å². The van der Waals surface area contributed by atoms with Crippen LogP contribution in [0.1, 0.15) is 5.69 Å². The molecule has 0 bridgehead atoms. The van der Waals surface area contributed by atoms with Crippen molar-refractivity contribution < 1.29 is 8.42 Å². The van der Waals surface area contributed by atoms with Crippen LogP contribution in [0.15, 0.2) is 76.8 Å². The van der Waals surface area contributed by atoms with Gasteiger partial charge in [0.2, 0.25) is 10.0 Å².